The van der Waals surface area contributed by atoms with E-state index in [4.69, 9.17) is 5.11 Å². The van der Waals surface area contributed by atoms with Crippen molar-refractivity contribution < 1.29 is 9.90 Å². The van der Waals surface area contributed by atoms with Crippen molar-refractivity contribution in [2.45, 2.75) is 32.2 Å². The molecule has 0 aromatic heterocycles. The van der Waals surface area contributed by atoms with Crippen LogP contribution >= 0.6 is 11.8 Å². The third kappa shape index (κ3) is 3.68. The molecule has 1 saturated heterocycles. The van der Waals surface area contributed by atoms with E-state index < -0.39 is 5.97 Å². The third-order valence-corrected chi connectivity index (χ3v) is 3.94. The zero-order chi connectivity index (χ0) is 11.3. The van der Waals surface area contributed by atoms with Crippen LogP contribution in [0.3, 0.4) is 0 Å². The van der Waals surface area contributed by atoms with Crippen molar-refractivity contribution in [2.75, 3.05) is 25.1 Å². The molecule has 2 atom stereocenters. The quantitative estimate of drug-likeness (QED) is 0.709. The van der Waals surface area contributed by atoms with Gasteiger partial charge >= 0.3 is 5.97 Å². The monoisotopic (exact) mass is 231 g/mol. The zero-order valence-electron chi connectivity index (χ0n) is 9.61. The fourth-order valence-corrected chi connectivity index (χ4v) is 2.70. The van der Waals surface area contributed by atoms with Crippen LogP contribution in [0.4, 0.5) is 0 Å². The number of nitrogens with zero attached hydrogens (tertiary/aromatic N) is 1. The van der Waals surface area contributed by atoms with E-state index in [1.54, 1.807) is 0 Å². The first-order valence-electron chi connectivity index (χ1n) is 5.62. The Kier molecular flexibility index (Phi) is 5.47. The third-order valence-electron chi connectivity index (χ3n) is 3.25. The Labute approximate surface area is 96.2 Å². The summed E-state index contributed by atoms with van der Waals surface area (Å²) in [5.74, 6) is 0.435. The molecule has 15 heavy (non-hydrogen) atoms. The molecule has 1 heterocycles. The predicted octanol–water partition coefficient (Wildman–Crippen LogP) is 1.92. The lowest BCUT2D eigenvalue weighted by molar-refractivity contribution is -0.142. The second-order valence-electron chi connectivity index (χ2n) is 4.21. The molecule has 0 aliphatic carbocycles. The van der Waals surface area contributed by atoms with E-state index in [1.807, 2.05) is 18.7 Å². The van der Waals surface area contributed by atoms with Crippen LogP contribution in [0.5, 0.6) is 0 Å². The standard InChI is InChI=1S/C11H21NO2S/c1-9-10(11(13)14)5-7-12(9)6-3-4-8-15-2/h9-10H,3-8H2,1-2H3,(H,13,14). The summed E-state index contributed by atoms with van der Waals surface area (Å²) in [6.45, 7) is 4.06. The molecule has 1 rings (SSSR count). The van der Waals surface area contributed by atoms with Crippen molar-refractivity contribution in [1.29, 1.82) is 0 Å². The lowest BCUT2D eigenvalue weighted by Crippen LogP contribution is -2.33. The van der Waals surface area contributed by atoms with Gasteiger partial charge in [0.1, 0.15) is 0 Å². The summed E-state index contributed by atoms with van der Waals surface area (Å²) in [4.78, 5) is 13.2. The second kappa shape index (κ2) is 6.38. The van der Waals surface area contributed by atoms with Gasteiger partial charge in [-0.15, -0.1) is 0 Å². The maximum absolute atomic E-state index is 10.9. The maximum Gasteiger partial charge on any atom is 0.308 e. The topological polar surface area (TPSA) is 40.5 Å². The van der Waals surface area contributed by atoms with Crippen LogP contribution in [0.25, 0.3) is 0 Å². The molecule has 0 bridgehead atoms. The van der Waals surface area contributed by atoms with Crippen molar-refractivity contribution in [3.63, 3.8) is 0 Å². The van der Waals surface area contributed by atoms with Crippen LogP contribution in [0.15, 0.2) is 0 Å². The lowest BCUT2D eigenvalue weighted by atomic mass is 10.0. The first kappa shape index (κ1) is 12.8. The van der Waals surface area contributed by atoms with E-state index in [2.05, 4.69) is 11.2 Å². The van der Waals surface area contributed by atoms with Gasteiger partial charge in [-0.2, -0.15) is 11.8 Å². The van der Waals surface area contributed by atoms with Gasteiger partial charge < -0.3 is 5.11 Å². The van der Waals surface area contributed by atoms with Crippen molar-refractivity contribution >= 4 is 17.7 Å². The predicted molar refractivity (Wildman–Crippen MR) is 64.4 cm³/mol. The molecule has 2 unspecified atom stereocenters. The number of carbonyl (C=O) groups is 1. The average Bonchev–Trinajstić information content (AvgIpc) is 2.55. The Hall–Kier alpha value is -0.220. The molecule has 1 aliphatic rings. The molecular weight excluding hydrogens is 210 g/mol. The summed E-state index contributed by atoms with van der Waals surface area (Å²) >= 11 is 1.88. The lowest BCUT2D eigenvalue weighted by Gasteiger charge is -2.22. The van der Waals surface area contributed by atoms with Crippen LogP contribution in [0, 0.1) is 5.92 Å². The van der Waals surface area contributed by atoms with Crippen LogP contribution in [0.1, 0.15) is 26.2 Å². The Balaban J connectivity index is 2.24. The highest BCUT2D eigenvalue weighted by Crippen LogP contribution is 2.24. The number of carboxylic acid groups (broad SMARTS) is 1. The maximum atomic E-state index is 10.9. The van der Waals surface area contributed by atoms with E-state index in [0.717, 1.165) is 19.5 Å². The summed E-state index contributed by atoms with van der Waals surface area (Å²) in [5, 5.41) is 8.98. The number of aliphatic carboxylic acids is 1. The van der Waals surface area contributed by atoms with Gasteiger partial charge in [0.25, 0.3) is 0 Å². The van der Waals surface area contributed by atoms with E-state index in [-0.39, 0.29) is 12.0 Å². The summed E-state index contributed by atoms with van der Waals surface area (Å²) in [6.07, 6.45) is 5.37. The van der Waals surface area contributed by atoms with Gasteiger partial charge in [0.05, 0.1) is 5.92 Å². The zero-order valence-corrected chi connectivity index (χ0v) is 10.4. The van der Waals surface area contributed by atoms with Gasteiger partial charge in [-0.25, -0.2) is 0 Å². The minimum Gasteiger partial charge on any atom is -0.481 e. The van der Waals surface area contributed by atoms with E-state index in [9.17, 15) is 4.79 Å². The van der Waals surface area contributed by atoms with Crippen LogP contribution in [0.2, 0.25) is 0 Å². The number of carboxylic acids is 1. The van der Waals surface area contributed by atoms with Crippen molar-refractivity contribution in [3.05, 3.63) is 0 Å². The van der Waals surface area contributed by atoms with Gasteiger partial charge in [-0.1, -0.05) is 0 Å². The first-order chi connectivity index (χ1) is 7.16. The molecule has 3 nitrogen and oxygen atoms in total. The molecule has 1 aliphatic heterocycles. The largest absolute Gasteiger partial charge is 0.481 e. The molecule has 88 valence electrons. The number of unbranched alkanes of at least 4 members (excludes halogenated alkanes) is 1. The number of likely N-dealkylation sites (tertiary alicyclic amines) is 1. The minimum absolute atomic E-state index is 0.148. The Bertz CT molecular complexity index is 211. The second-order valence-corrected chi connectivity index (χ2v) is 5.20. The van der Waals surface area contributed by atoms with Gasteiger partial charge in [-0.3, -0.25) is 9.69 Å². The summed E-state index contributed by atoms with van der Waals surface area (Å²) in [5.41, 5.74) is 0. The molecule has 0 aromatic carbocycles. The van der Waals surface area contributed by atoms with Gasteiger partial charge in [0, 0.05) is 6.04 Å². The van der Waals surface area contributed by atoms with Crippen molar-refractivity contribution in [3.8, 4) is 0 Å². The highest BCUT2D eigenvalue weighted by molar-refractivity contribution is 7.98. The number of hydrogen-bond donors (Lipinski definition) is 1. The molecule has 0 spiro atoms. The molecule has 0 aromatic rings. The Morgan fingerprint density at radius 2 is 2.27 bits per heavy atom. The Morgan fingerprint density at radius 3 is 2.80 bits per heavy atom. The molecule has 1 fully saturated rings. The fourth-order valence-electron chi connectivity index (χ4n) is 2.21. The van der Waals surface area contributed by atoms with Crippen molar-refractivity contribution in [2.24, 2.45) is 5.92 Å². The van der Waals surface area contributed by atoms with E-state index in [1.165, 1.54) is 18.6 Å². The van der Waals surface area contributed by atoms with Crippen molar-refractivity contribution in [1.82, 2.24) is 4.90 Å². The molecule has 4 heteroatoms. The normalized spacial score (nSPS) is 27.1. The number of thioether (sulfide) groups is 1. The summed E-state index contributed by atoms with van der Waals surface area (Å²) in [6, 6.07) is 0.219. The molecule has 0 saturated carbocycles. The average molecular weight is 231 g/mol. The van der Waals surface area contributed by atoms with E-state index >= 15 is 0 Å². The number of hydrogen-bond acceptors (Lipinski definition) is 3. The highest BCUT2D eigenvalue weighted by Gasteiger charge is 2.34. The Morgan fingerprint density at radius 1 is 1.53 bits per heavy atom. The number of rotatable bonds is 6. The fraction of sp³-hybridized carbons (Fsp3) is 0.909. The molecule has 1 N–H and O–H groups in total. The molecule has 0 amide bonds. The van der Waals surface area contributed by atoms with Crippen LogP contribution < -0.4 is 0 Å². The van der Waals surface area contributed by atoms with Gasteiger partial charge in [0.2, 0.25) is 0 Å². The van der Waals surface area contributed by atoms with Gasteiger partial charge in [0.15, 0.2) is 0 Å². The van der Waals surface area contributed by atoms with Crippen LogP contribution in [-0.4, -0.2) is 47.1 Å². The smallest absolute Gasteiger partial charge is 0.308 e. The molecular formula is C11H21NO2S. The minimum atomic E-state index is -0.630. The highest BCUT2D eigenvalue weighted by atomic mass is 32.2. The summed E-state index contributed by atoms with van der Waals surface area (Å²) < 4.78 is 0. The first-order valence-corrected chi connectivity index (χ1v) is 7.02. The van der Waals surface area contributed by atoms with Crippen LogP contribution in [-0.2, 0) is 4.79 Å². The summed E-state index contributed by atoms with van der Waals surface area (Å²) in [7, 11) is 0. The molecule has 0 radical (unpaired) electrons. The van der Waals surface area contributed by atoms with E-state index in [0.29, 0.717) is 0 Å². The van der Waals surface area contributed by atoms with Gasteiger partial charge in [-0.05, 0) is 51.3 Å². The SMILES string of the molecule is CSCCCCN1CCC(C(=O)O)C1C.